The lowest BCUT2D eigenvalue weighted by molar-refractivity contribution is -0.140. The normalized spacial score (nSPS) is 11.6. The maximum Gasteiger partial charge on any atom is 0.434 e. The maximum atomic E-state index is 13.1. The van der Waals surface area contributed by atoms with Crippen molar-refractivity contribution in [1.29, 1.82) is 0 Å². The molecule has 0 saturated heterocycles. The third-order valence-corrected chi connectivity index (χ3v) is 2.73. The molecule has 3 nitrogen and oxygen atoms in total. The zero-order chi connectivity index (χ0) is 14.2. The van der Waals surface area contributed by atoms with Gasteiger partial charge in [-0.05, 0) is 25.0 Å². The summed E-state index contributed by atoms with van der Waals surface area (Å²) < 4.78 is 39.2. The number of aromatic nitrogens is 2. The zero-order valence-electron chi connectivity index (χ0n) is 10.4. The van der Waals surface area contributed by atoms with Crippen molar-refractivity contribution in [2.45, 2.75) is 20.0 Å². The van der Waals surface area contributed by atoms with E-state index in [-0.39, 0.29) is 17.2 Å². The molecule has 0 saturated carbocycles. The summed E-state index contributed by atoms with van der Waals surface area (Å²) in [7, 11) is 0. The first-order valence-electron chi connectivity index (χ1n) is 5.58. The second kappa shape index (κ2) is 4.53. The highest BCUT2D eigenvalue weighted by atomic mass is 19.4. The first kappa shape index (κ1) is 13.3. The van der Waals surface area contributed by atoms with Gasteiger partial charge in [-0.2, -0.15) is 13.2 Å². The molecule has 2 aromatic rings. The Kier molecular flexibility index (Phi) is 3.18. The fourth-order valence-electron chi connectivity index (χ4n) is 1.92. The van der Waals surface area contributed by atoms with Crippen molar-refractivity contribution in [2.75, 3.05) is 5.73 Å². The molecule has 100 valence electrons. The van der Waals surface area contributed by atoms with Gasteiger partial charge in [0.1, 0.15) is 11.6 Å². The van der Waals surface area contributed by atoms with Gasteiger partial charge in [0.15, 0.2) is 5.69 Å². The Hall–Kier alpha value is -2.11. The van der Waals surface area contributed by atoms with Crippen LogP contribution in [0.1, 0.15) is 17.1 Å². The number of nitrogens with two attached hydrogens (primary N) is 1. The molecule has 1 heterocycles. The van der Waals surface area contributed by atoms with E-state index in [1.54, 1.807) is 31.2 Å². The van der Waals surface area contributed by atoms with E-state index in [0.29, 0.717) is 11.1 Å². The Bertz CT molecular complexity index is 621. The number of nitrogens with zero attached hydrogens (tertiary/aromatic N) is 2. The minimum atomic E-state index is -4.57. The minimum absolute atomic E-state index is 0.00200. The van der Waals surface area contributed by atoms with Gasteiger partial charge in [-0.1, -0.05) is 24.3 Å². The molecule has 0 spiro atoms. The van der Waals surface area contributed by atoms with Gasteiger partial charge in [-0.3, -0.25) is 0 Å². The second-order valence-corrected chi connectivity index (χ2v) is 4.19. The molecule has 1 aromatic heterocycles. The summed E-state index contributed by atoms with van der Waals surface area (Å²) in [5, 5.41) is 0. The first-order chi connectivity index (χ1) is 8.80. The molecule has 0 aliphatic carbocycles. The molecule has 2 rings (SSSR count). The van der Waals surface area contributed by atoms with Crippen molar-refractivity contribution >= 4 is 5.82 Å². The summed E-state index contributed by atoms with van der Waals surface area (Å²) in [4.78, 5) is 7.34. The van der Waals surface area contributed by atoms with Crippen LogP contribution >= 0.6 is 0 Å². The number of hydrogen-bond donors (Lipinski definition) is 1. The quantitative estimate of drug-likeness (QED) is 0.861. The molecule has 0 bridgehead atoms. The van der Waals surface area contributed by atoms with Crippen molar-refractivity contribution in [1.82, 2.24) is 9.97 Å². The first-order valence-corrected chi connectivity index (χ1v) is 5.58. The Labute approximate surface area is 108 Å². The van der Waals surface area contributed by atoms with Crippen LogP contribution in [0.5, 0.6) is 0 Å². The molecular formula is C13H12F3N3. The van der Waals surface area contributed by atoms with Crippen molar-refractivity contribution < 1.29 is 13.2 Å². The van der Waals surface area contributed by atoms with Crippen molar-refractivity contribution in [3.63, 3.8) is 0 Å². The predicted molar refractivity (Wildman–Crippen MR) is 66.4 cm³/mol. The third kappa shape index (κ3) is 2.52. The Morgan fingerprint density at radius 1 is 1.05 bits per heavy atom. The van der Waals surface area contributed by atoms with Crippen LogP contribution in [-0.4, -0.2) is 9.97 Å². The number of rotatable bonds is 1. The summed E-state index contributed by atoms with van der Waals surface area (Å²) in [5.41, 5.74) is 5.60. The number of anilines is 1. The minimum Gasteiger partial charge on any atom is -0.383 e. The van der Waals surface area contributed by atoms with Crippen LogP contribution in [0.2, 0.25) is 0 Å². The molecule has 0 radical (unpaired) electrons. The number of halogens is 3. The van der Waals surface area contributed by atoms with Crippen LogP contribution in [0.4, 0.5) is 19.0 Å². The largest absolute Gasteiger partial charge is 0.434 e. The molecule has 1 aromatic carbocycles. The van der Waals surface area contributed by atoms with Gasteiger partial charge in [0.2, 0.25) is 0 Å². The number of alkyl halides is 3. The van der Waals surface area contributed by atoms with Crippen LogP contribution in [0.15, 0.2) is 24.3 Å². The van der Waals surface area contributed by atoms with Crippen molar-refractivity contribution in [3.05, 3.63) is 41.3 Å². The molecule has 0 unspecified atom stereocenters. The molecule has 0 fully saturated rings. The van der Waals surface area contributed by atoms with E-state index in [2.05, 4.69) is 9.97 Å². The molecule has 0 amide bonds. The van der Waals surface area contributed by atoms with E-state index in [4.69, 9.17) is 5.73 Å². The lowest BCUT2D eigenvalue weighted by Crippen LogP contribution is -2.14. The number of hydrogen-bond acceptors (Lipinski definition) is 3. The molecule has 0 aliphatic heterocycles. The standard InChI is InChI=1S/C13H12F3N3/c1-7-5-3-4-6-9(7)10-11(13(14,15)16)18-8(2)19-12(10)17/h3-6H,1-2H3,(H2,17,18,19). The number of nitrogen functional groups attached to an aromatic ring is 1. The van der Waals surface area contributed by atoms with Gasteiger partial charge >= 0.3 is 6.18 Å². The highest BCUT2D eigenvalue weighted by Gasteiger charge is 2.37. The average Bonchev–Trinajstić information content (AvgIpc) is 2.28. The molecule has 0 atom stereocenters. The lowest BCUT2D eigenvalue weighted by atomic mass is 9.99. The fraction of sp³-hybridized carbons (Fsp3) is 0.231. The van der Waals surface area contributed by atoms with Gasteiger partial charge in [-0.15, -0.1) is 0 Å². The highest BCUT2D eigenvalue weighted by Crippen LogP contribution is 2.39. The summed E-state index contributed by atoms with van der Waals surface area (Å²) in [6, 6.07) is 6.70. The lowest BCUT2D eigenvalue weighted by Gasteiger charge is -2.15. The van der Waals surface area contributed by atoms with Crippen molar-refractivity contribution in [3.8, 4) is 11.1 Å². The number of aryl methyl sites for hydroxylation is 2. The monoisotopic (exact) mass is 267 g/mol. The van der Waals surface area contributed by atoms with Gasteiger partial charge in [0, 0.05) is 0 Å². The van der Waals surface area contributed by atoms with Gasteiger partial charge in [-0.25, -0.2) is 9.97 Å². The Morgan fingerprint density at radius 2 is 1.68 bits per heavy atom. The fourth-order valence-corrected chi connectivity index (χ4v) is 1.92. The molecule has 2 N–H and O–H groups in total. The summed E-state index contributed by atoms with van der Waals surface area (Å²) >= 11 is 0. The van der Waals surface area contributed by atoms with E-state index < -0.39 is 11.9 Å². The maximum absolute atomic E-state index is 13.1. The molecule has 0 aliphatic rings. The van der Waals surface area contributed by atoms with Gasteiger partial charge < -0.3 is 5.73 Å². The summed E-state index contributed by atoms with van der Waals surface area (Å²) in [5.74, 6) is -0.156. The summed E-state index contributed by atoms with van der Waals surface area (Å²) in [6.45, 7) is 3.10. The Morgan fingerprint density at radius 3 is 2.26 bits per heavy atom. The SMILES string of the molecule is Cc1nc(N)c(-c2ccccc2C)c(C(F)(F)F)n1. The van der Waals surface area contributed by atoms with Crippen LogP contribution in [0.3, 0.4) is 0 Å². The van der Waals surface area contributed by atoms with E-state index >= 15 is 0 Å². The molecule has 19 heavy (non-hydrogen) atoms. The van der Waals surface area contributed by atoms with E-state index in [1.165, 1.54) is 6.92 Å². The van der Waals surface area contributed by atoms with Gasteiger partial charge in [0.25, 0.3) is 0 Å². The van der Waals surface area contributed by atoms with Crippen LogP contribution < -0.4 is 5.73 Å². The predicted octanol–water partition coefficient (Wildman–Crippen LogP) is 3.36. The topological polar surface area (TPSA) is 51.8 Å². The molecular weight excluding hydrogens is 255 g/mol. The second-order valence-electron chi connectivity index (χ2n) is 4.19. The van der Waals surface area contributed by atoms with Gasteiger partial charge in [0.05, 0.1) is 5.56 Å². The average molecular weight is 267 g/mol. The van der Waals surface area contributed by atoms with Crippen LogP contribution in [0, 0.1) is 13.8 Å². The zero-order valence-corrected chi connectivity index (χ0v) is 10.4. The number of benzene rings is 1. The third-order valence-electron chi connectivity index (χ3n) is 2.73. The van der Waals surface area contributed by atoms with E-state index in [1.807, 2.05) is 0 Å². The summed E-state index contributed by atoms with van der Waals surface area (Å²) in [6.07, 6.45) is -4.57. The van der Waals surface area contributed by atoms with Crippen LogP contribution in [0.25, 0.3) is 11.1 Å². The highest BCUT2D eigenvalue weighted by molar-refractivity contribution is 5.78. The smallest absolute Gasteiger partial charge is 0.383 e. The van der Waals surface area contributed by atoms with Crippen molar-refractivity contribution in [2.24, 2.45) is 0 Å². The molecule has 6 heteroatoms. The van der Waals surface area contributed by atoms with E-state index in [9.17, 15) is 13.2 Å². The van der Waals surface area contributed by atoms with Crippen LogP contribution in [-0.2, 0) is 6.18 Å². The van der Waals surface area contributed by atoms with E-state index in [0.717, 1.165) is 0 Å². The Balaban J connectivity index is 2.80.